The van der Waals surface area contributed by atoms with Crippen molar-refractivity contribution in [3.8, 4) is 12.5 Å². The summed E-state index contributed by atoms with van der Waals surface area (Å²) in [4.78, 5) is 51.8. The molecule has 1 aromatic carbocycles. The van der Waals surface area contributed by atoms with Gasteiger partial charge in [-0.3, -0.25) is 19.3 Å². The van der Waals surface area contributed by atoms with E-state index in [0.29, 0.717) is 12.1 Å². The van der Waals surface area contributed by atoms with E-state index < -0.39 is 41.5 Å². The molecule has 0 bridgehead atoms. The highest BCUT2D eigenvalue weighted by Gasteiger charge is 2.37. The molecule has 0 aliphatic rings. The van der Waals surface area contributed by atoms with Crippen LogP contribution in [0.1, 0.15) is 76.1 Å². The van der Waals surface area contributed by atoms with Crippen LogP contribution in [0.3, 0.4) is 0 Å². The number of ether oxygens (including phenoxy) is 1. The van der Waals surface area contributed by atoms with Gasteiger partial charge in [-0.1, -0.05) is 38.0 Å². The molecule has 0 fully saturated rings. The third kappa shape index (κ3) is 9.32. The number of benzene rings is 1. The highest BCUT2D eigenvalue weighted by molar-refractivity contribution is 5.94. The van der Waals surface area contributed by atoms with Crippen molar-refractivity contribution < 1.29 is 23.9 Å². The number of terminal acetylenes is 1. The largest absolute Gasteiger partial charge is 0.444 e. The number of rotatable bonds is 11. The Balaban J connectivity index is 3.44. The van der Waals surface area contributed by atoms with Crippen molar-refractivity contribution in [3.63, 3.8) is 0 Å². The number of alkyl carbamates (subject to hydrolysis) is 1. The summed E-state index contributed by atoms with van der Waals surface area (Å²) in [6, 6.07) is 5.47. The van der Waals surface area contributed by atoms with Gasteiger partial charge >= 0.3 is 6.09 Å². The maximum Gasteiger partial charge on any atom is 0.408 e. The van der Waals surface area contributed by atoms with Gasteiger partial charge in [-0.25, -0.2) is 4.79 Å². The first-order valence-electron chi connectivity index (χ1n) is 11.7. The molecule has 0 saturated carbocycles. The van der Waals surface area contributed by atoms with Gasteiger partial charge in [0.15, 0.2) is 0 Å². The summed E-state index contributed by atoms with van der Waals surface area (Å²) in [6.45, 7) is 11.1. The minimum Gasteiger partial charge on any atom is -0.444 e. The molecule has 4 N–H and O–H groups in total. The molecule has 9 nitrogen and oxygen atoms in total. The van der Waals surface area contributed by atoms with E-state index in [1.807, 2.05) is 39.0 Å². The lowest BCUT2D eigenvalue weighted by Crippen LogP contribution is -2.52. The second-order valence-electron chi connectivity index (χ2n) is 9.39. The number of nitrogens with one attached hydrogen (secondary N) is 2. The van der Waals surface area contributed by atoms with E-state index in [2.05, 4.69) is 16.7 Å². The predicted octanol–water partition coefficient (Wildman–Crippen LogP) is 2.84. The predicted molar refractivity (Wildman–Crippen MR) is 134 cm³/mol. The molecule has 0 saturated heterocycles. The van der Waals surface area contributed by atoms with E-state index in [4.69, 9.17) is 16.9 Å². The van der Waals surface area contributed by atoms with E-state index >= 15 is 0 Å². The number of amides is 4. The summed E-state index contributed by atoms with van der Waals surface area (Å²) in [7, 11) is 0. The molecular weight excluding hydrogens is 448 g/mol. The summed E-state index contributed by atoms with van der Waals surface area (Å²) in [5, 5.41) is 5.34. The van der Waals surface area contributed by atoms with Gasteiger partial charge in [0.1, 0.15) is 17.7 Å². The van der Waals surface area contributed by atoms with Crippen molar-refractivity contribution in [2.24, 2.45) is 5.73 Å². The zero-order valence-corrected chi connectivity index (χ0v) is 21.6. The first-order chi connectivity index (χ1) is 16.3. The molecule has 4 amide bonds. The lowest BCUT2D eigenvalue weighted by Gasteiger charge is -2.31. The van der Waals surface area contributed by atoms with E-state index in [9.17, 15) is 19.2 Å². The molecule has 1 rings (SSSR count). The van der Waals surface area contributed by atoms with E-state index in [1.165, 1.54) is 0 Å². The standard InChI is InChI=1S/C26H38N4O5/c1-8-10-16-28-23(32)22(21-17(3)12-11-13-18(21)4)30(9-2)24(33)19(14-15-20(27)31)29-25(34)35-26(5,6)7/h2,11-13,19,22H,8,10,14-16H2,1,3-7H3,(H2,27,31)(H,28,32)(H,29,34). The highest BCUT2D eigenvalue weighted by Crippen LogP contribution is 2.28. The maximum atomic E-state index is 13.6. The van der Waals surface area contributed by atoms with Crippen molar-refractivity contribution in [1.82, 2.24) is 15.5 Å². The molecule has 0 aromatic heterocycles. The van der Waals surface area contributed by atoms with Crippen LogP contribution in [0.25, 0.3) is 0 Å². The average molecular weight is 487 g/mol. The van der Waals surface area contributed by atoms with Crippen LogP contribution in [-0.4, -0.2) is 46.9 Å². The molecule has 0 aliphatic heterocycles. The fourth-order valence-electron chi connectivity index (χ4n) is 3.55. The van der Waals surface area contributed by atoms with Gasteiger partial charge in [0.2, 0.25) is 11.8 Å². The van der Waals surface area contributed by atoms with Gasteiger partial charge in [-0.15, -0.1) is 0 Å². The second-order valence-corrected chi connectivity index (χ2v) is 9.39. The zero-order valence-electron chi connectivity index (χ0n) is 21.6. The molecule has 0 radical (unpaired) electrons. The summed E-state index contributed by atoms with van der Waals surface area (Å²) in [6.07, 6.45) is 6.27. The van der Waals surface area contributed by atoms with E-state index in [1.54, 1.807) is 20.8 Å². The van der Waals surface area contributed by atoms with Crippen molar-refractivity contribution >= 4 is 23.8 Å². The van der Waals surface area contributed by atoms with Gasteiger partial charge in [0, 0.05) is 19.0 Å². The van der Waals surface area contributed by atoms with Gasteiger partial charge in [-0.05, 0) is 64.2 Å². The number of carbonyl (C=O) groups excluding carboxylic acids is 4. The number of primary amides is 1. The molecule has 0 heterocycles. The Morgan fingerprint density at radius 1 is 1.17 bits per heavy atom. The van der Waals surface area contributed by atoms with Crippen LogP contribution < -0.4 is 16.4 Å². The van der Waals surface area contributed by atoms with Gasteiger partial charge in [0.05, 0.1) is 0 Å². The zero-order chi connectivity index (χ0) is 26.8. The SMILES string of the molecule is C#CN(C(=O)C(CCC(N)=O)NC(=O)OC(C)(C)C)C(C(=O)NCCCC)c1c(C)cccc1C. The van der Waals surface area contributed by atoms with Crippen LogP contribution in [0.4, 0.5) is 4.79 Å². The van der Waals surface area contributed by atoms with Crippen LogP contribution >= 0.6 is 0 Å². The molecule has 0 spiro atoms. The Kier molecular flexibility index (Phi) is 11.3. The van der Waals surface area contributed by atoms with Crippen molar-refractivity contribution in [3.05, 3.63) is 34.9 Å². The first-order valence-corrected chi connectivity index (χ1v) is 11.7. The minimum absolute atomic E-state index is 0.109. The van der Waals surface area contributed by atoms with Crippen molar-refractivity contribution in [2.45, 2.75) is 84.9 Å². The second kappa shape index (κ2) is 13.4. The lowest BCUT2D eigenvalue weighted by atomic mass is 9.93. The number of nitrogens with zero attached hydrogens (tertiary/aromatic N) is 1. The fourth-order valence-corrected chi connectivity index (χ4v) is 3.55. The molecule has 9 heteroatoms. The number of unbranched alkanes of at least 4 members (excludes halogenated alkanes) is 1. The number of aryl methyl sites for hydroxylation is 2. The summed E-state index contributed by atoms with van der Waals surface area (Å²) in [5.41, 5.74) is 6.62. The molecular formula is C26H38N4O5. The highest BCUT2D eigenvalue weighted by atomic mass is 16.6. The molecule has 1 aromatic rings. The van der Waals surface area contributed by atoms with Gasteiger partial charge in [-0.2, -0.15) is 0 Å². The quantitative estimate of drug-likeness (QED) is 0.251. The van der Waals surface area contributed by atoms with Crippen LogP contribution in [0.15, 0.2) is 18.2 Å². The number of nitrogens with two attached hydrogens (primary N) is 1. The van der Waals surface area contributed by atoms with Gasteiger partial charge in [0.25, 0.3) is 5.91 Å². The molecule has 2 unspecified atom stereocenters. The van der Waals surface area contributed by atoms with Crippen molar-refractivity contribution in [2.75, 3.05) is 6.54 Å². The fraction of sp³-hybridized carbons (Fsp3) is 0.538. The van der Waals surface area contributed by atoms with Crippen LogP contribution in [0.2, 0.25) is 0 Å². The Morgan fingerprint density at radius 2 is 1.77 bits per heavy atom. The lowest BCUT2D eigenvalue weighted by molar-refractivity contribution is -0.138. The van der Waals surface area contributed by atoms with Gasteiger partial charge < -0.3 is 21.1 Å². The first kappa shape index (κ1) is 29.5. The van der Waals surface area contributed by atoms with Crippen LogP contribution in [-0.2, 0) is 19.1 Å². The molecule has 2 atom stereocenters. The topological polar surface area (TPSA) is 131 Å². The minimum atomic E-state index is -1.23. The molecule has 0 aliphatic carbocycles. The Labute approximate surface area is 208 Å². The van der Waals surface area contributed by atoms with Crippen molar-refractivity contribution in [1.29, 1.82) is 0 Å². The monoisotopic (exact) mass is 486 g/mol. The number of hydrogen-bond acceptors (Lipinski definition) is 5. The van der Waals surface area contributed by atoms with Crippen LogP contribution in [0.5, 0.6) is 0 Å². The molecule has 35 heavy (non-hydrogen) atoms. The Bertz CT molecular complexity index is 941. The normalized spacial score (nSPS) is 12.6. The Hall–Kier alpha value is -3.54. The Morgan fingerprint density at radius 3 is 2.26 bits per heavy atom. The third-order valence-corrected chi connectivity index (χ3v) is 5.20. The molecule has 192 valence electrons. The maximum absolute atomic E-state index is 13.6. The third-order valence-electron chi connectivity index (χ3n) is 5.20. The van der Waals surface area contributed by atoms with E-state index in [0.717, 1.165) is 28.9 Å². The smallest absolute Gasteiger partial charge is 0.408 e. The number of carbonyl (C=O) groups is 4. The summed E-state index contributed by atoms with van der Waals surface area (Å²) < 4.78 is 5.27. The van der Waals surface area contributed by atoms with Crippen LogP contribution in [0, 0.1) is 26.3 Å². The van der Waals surface area contributed by atoms with E-state index in [-0.39, 0.29) is 12.8 Å². The average Bonchev–Trinajstić information content (AvgIpc) is 2.74. The number of hydrogen-bond donors (Lipinski definition) is 3. The summed E-state index contributed by atoms with van der Waals surface area (Å²) in [5.74, 6) is -1.81. The summed E-state index contributed by atoms with van der Waals surface area (Å²) >= 11 is 0.